The number of Topliss-reactive ketones (excluding diaryl/α,β-unsaturated/α-hetero) is 1. The van der Waals surface area contributed by atoms with Crippen molar-refractivity contribution >= 4 is 46.1 Å². The van der Waals surface area contributed by atoms with Gasteiger partial charge in [0, 0.05) is 21.2 Å². The molecule has 1 saturated heterocycles. The van der Waals surface area contributed by atoms with Crippen molar-refractivity contribution < 1.29 is 19.4 Å². The lowest BCUT2D eigenvalue weighted by Gasteiger charge is -2.25. The molecule has 164 valence electrons. The van der Waals surface area contributed by atoms with Gasteiger partial charge in [-0.3, -0.25) is 14.5 Å². The maximum atomic E-state index is 13.2. The molecule has 2 heterocycles. The molecule has 1 N–H and O–H groups in total. The van der Waals surface area contributed by atoms with E-state index in [1.807, 2.05) is 25.3 Å². The molecule has 0 spiro atoms. The molecule has 0 bridgehead atoms. The third kappa shape index (κ3) is 4.04. The minimum atomic E-state index is -0.756. The van der Waals surface area contributed by atoms with Crippen LogP contribution < -0.4 is 9.64 Å². The van der Waals surface area contributed by atoms with Gasteiger partial charge in [0.25, 0.3) is 11.7 Å². The number of halogens is 1. The number of ketones is 1. The number of anilines is 1. The predicted molar refractivity (Wildman–Crippen MR) is 128 cm³/mol. The van der Waals surface area contributed by atoms with Crippen LogP contribution in [-0.4, -0.2) is 23.4 Å². The van der Waals surface area contributed by atoms with E-state index in [1.54, 1.807) is 48.5 Å². The van der Waals surface area contributed by atoms with Crippen LogP contribution in [0.2, 0.25) is 5.02 Å². The second kappa shape index (κ2) is 9.18. The van der Waals surface area contributed by atoms with Gasteiger partial charge in [0.2, 0.25) is 0 Å². The van der Waals surface area contributed by atoms with E-state index in [2.05, 4.69) is 0 Å². The molecule has 5 nitrogen and oxygen atoms in total. The molecule has 7 heteroatoms. The summed E-state index contributed by atoms with van der Waals surface area (Å²) in [7, 11) is 0. The third-order valence-corrected chi connectivity index (χ3v) is 6.57. The van der Waals surface area contributed by atoms with Crippen LogP contribution in [0.3, 0.4) is 0 Å². The Kier molecular flexibility index (Phi) is 6.35. The van der Waals surface area contributed by atoms with Crippen LogP contribution in [0.25, 0.3) is 5.76 Å². The average Bonchev–Trinajstić information content (AvgIpc) is 3.32. The van der Waals surface area contributed by atoms with Gasteiger partial charge >= 0.3 is 0 Å². The second-order valence-electron chi connectivity index (χ2n) is 7.49. The quantitative estimate of drug-likeness (QED) is 0.269. The standard InChI is InChI=1S/C25H22ClNO4S/c1-3-11-31-19-9-4-6-16(13-19)22(28)20-21(24-15(2)10-12-32-24)27(25(30)23(20)29)18-8-5-7-17(26)14-18/h4-10,12-14,21,28H,3,11H2,1-2H3/b22-20-. The highest BCUT2D eigenvalue weighted by atomic mass is 35.5. The molecule has 1 aromatic heterocycles. The molecule has 1 aliphatic rings. The van der Waals surface area contributed by atoms with Gasteiger partial charge in [-0.25, -0.2) is 0 Å². The van der Waals surface area contributed by atoms with Gasteiger partial charge in [0.05, 0.1) is 12.2 Å². The van der Waals surface area contributed by atoms with Crippen LogP contribution in [-0.2, 0) is 9.59 Å². The molecular formula is C25H22ClNO4S. The number of amides is 1. The van der Waals surface area contributed by atoms with Crippen molar-refractivity contribution in [2.75, 3.05) is 11.5 Å². The minimum absolute atomic E-state index is 0.0492. The largest absolute Gasteiger partial charge is 0.507 e. The smallest absolute Gasteiger partial charge is 0.300 e. The summed E-state index contributed by atoms with van der Waals surface area (Å²) in [5, 5.41) is 13.6. The van der Waals surface area contributed by atoms with Crippen molar-refractivity contribution in [3.05, 3.63) is 86.6 Å². The summed E-state index contributed by atoms with van der Waals surface area (Å²) in [6, 6.07) is 14.9. The average molecular weight is 468 g/mol. The fourth-order valence-electron chi connectivity index (χ4n) is 3.75. The van der Waals surface area contributed by atoms with Gasteiger partial charge in [0.15, 0.2) is 0 Å². The van der Waals surface area contributed by atoms with Gasteiger partial charge in [-0.05, 0) is 60.7 Å². The van der Waals surface area contributed by atoms with Gasteiger partial charge in [-0.2, -0.15) is 0 Å². The van der Waals surface area contributed by atoms with E-state index in [0.29, 0.717) is 28.6 Å². The molecule has 1 fully saturated rings. The van der Waals surface area contributed by atoms with Crippen LogP contribution in [0.5, 0.6) is 5.75 Å². The van der Waals surface area contributed by atoms with Crippen LogP contribution in [0.4, 0.5) is 5.69 Å². The fraction of sp³-hybridized carbons (Fsp3) is 0.200. The van der Waals surface area contributed by atoms with E-state index in [0.717, 1.165) is 16.9 Å². The number of thiophene rings is 1. The number of hydrogen-bond acceptors (Lipinski definition) is 5. The van der Waals surface area contributed by atoms with Crippen LogP contribution in [0, 0.1) is 6.92 Å². The van der Waals surface area contributed by atoms with Crippen LogP contribution in [0.15, 0.2) is 65.6 Å². The van der Waals surface area contributed by atoms with Crippen molar-refractivity contribution in [2.24, 2.45) is 0 Å². The maximum absolute atomic E-state index is 13.2. The molecule has 32 heavy (non-hydrogen) atoms. The summed E-state index contributed by atoms with van der Waals surface area (Å²) in [4.78, 5) is 28.6. The highest BCUT2D eigenvalue weighted by Crippen LogP contribution is 2.45. The lowest BCUT2D eigenvalue weighted by molar-refractivity contribution is -0.132. The molecule has 0 aliphatic carbocycles. The maximum Gasteiger partial charge on any atom is 0.300 e. The number of nitrogens with zero attached hydrogens (tertiary/aromatic N) is 1. The molecule has 1 atom stereocenters. The lowest BCUT2D eigenvalue weighted by Crippen LogP contribution is -2.29. The summed E-state index contributed by atoms with van der Waals surface area (Å²) in [6.45, 7) is 4.46. The first-order chi connectivity index (χ1) is 15.4. The summed E-state index contributed by atoms with van der Waals surface area (Å²) in [5.41, 5.74) is 1.89. The Hall–Kier alpha value is -3.09. The molecule has 4 rings (SSSR count). The topological polar surface area (TPSA) is 66.8 Å². The molecule has 3 aromatic rings. The molecule has 1 aliphatic heterocycles. The molecule has 2 aromatic carbocycles. The van der Waals surface area contributed by atoms with Crippen LogP contribution >= 0.6 is 22.9 Å². The number of ether oxygens (including phenoxy) is 1. The van der Waals surface area contributed by atoms with Gasteiger partial charge in [-0.1, -0.05) is 36.7 Å². The van der Waals surface area contributed by atoms with Crippen molar-refractivity contribution in [2.45, 2.75) is 26.3 Å². The summed E-state index contributed by atoms with van der Waals surface area (Å²) < 4.78 is 5.67. The highest BCUT2D eigenvalue weighted by Gasteiger charge is 2.48. The van der Waals surface area contributed by atoms with Gasteiger partial charge < -0.3 is 9.84 Å². The third-order valence-electron chi connectivity index (χ3n) is 5.26. The highest BCUT2D eigenvalue weighted by molar-refractivity contribution is 7.10. The summed E-state index contributed by atoms with van der Waals surface area (Å²) in [5.74, 6) is -1.08. The molecule has 1 amide bonds. The summed E-state index contributed by atoms with van der Waals surface area (Å²) in [6.07, 6.45) is 0.846. The second-order valence-corrected chi connectivity index (χ2v) is 8.88. The normalized spacial score (nSPS) is 17.7. The van der Waals surface area contributed by atoms with Crippen molar-refractivity contribution in [1.82, 2.24) is 0 Å². The van der Waals surface area contributed by atoms with Crippen molar-refractivity contribution in [3.8, 4) is 5.75 Å². The number of aryl methyl sites for hydroxylation is 1. The predicted octanol–water partition coefficient (Wildman–Crippen LogP) is 6.13. The number of hydrogen-bond donors (Lipinski definition) is 1. The Morgan fingerprint density at radius 3 is 2.62 bits per heavy atom. The van der Waals surface area contributed by atoms with E-state index in [9.17, 15) is 14.7 Å². The fourth-order valence-corrected chi connectivity index (χ4v) is 4.96. The SMILES string of the molecule is CCCOc1cccc(/C(O)=C2/C(=O)C(=O)N(c3cccc(Cl)c3)C2c2sccc2C)c1. The van der Waals surface area contributed by atoms with E-state index in [4.69, 9.17) is 16.3 Å². The van der Waals surface area contributed by atoms with Crippen molar-refractivity contribution in [3.63, 3.8) is 0 Å². The number of rotatable bonds is 6. The molecular weight excluding hydrogens is 446 g/mol. The first kappa shape index (κ1) is 22.1. The van der Waals surface area contributed by atoms with E-state index in [1.165, 1.54) is 16.2 Å². The zero-order chi connectivity index (χ0) is 22.8. The molecule has 0 radical (unpaired) electrons. The lowest BCUT2D eigenvalue weighted by atomic mass is 9.98. The monoisotopic (exact) mass is 467 g/mol. The number of carbonyl (C=O) groups is 2. The number of carbonyl (C=O) groups excluding carboxylic acids is 2. The number of aliphatic hydroxyl groups is 1. The van der Waals surface area contributed by atoms with Crippen molar-refractivity contribution in [1.29, 1.82) is 0 Å². The zero-order valence-electron chi connectivity index (χ0n) is 17.7. The Labute approximate surface area is 195 Å². The van der Waals surface area contributed by atoms with Gasteiger partial charge in [0.1, 0.15) is 17.6 Å². The first-order valence-electron chi connectivity index (χ1n) is 10.3. The Morgan fingerprint density at radius 2 is 1.94 bits per heavy atom. The van der Waals surface area contributed by atoms with Gasteiger partial charge in [-0.15, -0.1) is 11.3 Å². The van der Waals surface area contributed by atoms with E-state index in [-0.39, 0.29) is 11.3 Å². The Morgan fingerprint density at radius 1 is 1.16 bits per heavy atom. The minimum Gasteiger partial charge on any atom is -0.507 e. The van der Waals surface area contributed by atoms with E-state index >= 15 is 0 Å². The zero-order valence-corrected chi connectivity index (χ0v) is 19.2. The Balaban J connectivity index is 1.89. The molecule has 1 unspecified atom stereocenters. The van der Waals surface area contributed by atoms with E-state index < -0.39 is 17.7 Å². The first-order valence-corrected chi connectivity index (χ1v) is 11.5. The van der Waals surface area contributed by atoms with Crippen LogP contribution in [0.1, 0.15) is 35.4 Å². The summed E-state index contributed by atoms with van der Waals surface area (Å²) >= 11 is 7.60. The molecule has 0 saturated carbocycles. The Bertz CT molecular complexity index is 1220. The number of aliphatic hydroxyl groups excluding tert-OH is 1. The number of benzene rings is 2.